The molecule has 0 saturated carbocycles. The monoisotopic (exact) mass is 271 g/mol. The lowest BCUT2D eigenvalue weighted by atomic mass is 9.92. The number of carboxylic acids is 1. The first kappa shape index (κ1) is 14.1. The van der Waals surface area contributed by atoms with Gasteiger partial charge in [-0.25, -0.2) is 4.79 Å². The van der Waals surface area contributed by atoms with Crippen LogP contribution in [0, 0.1) is 6.92 Å². The van der Waals surface area contributed by atoms with E-state index in [1.807, 2.05) is 31.2 Å². The quantitative estimate of drug-likeness (QED) is 0.875. The number of ether oxygens (including phenoxy) is 1. The Bertz CT molecular complexity index is 598. The molecule has 1 atom stereocenters. The molecule has 0 saturated heterocycles. The fourth-order valence-electron chi connectivity index (χ4n) is 1.91. The largest absolute Gasteiger partial charge is 0.491 e. The summed E-state index contributed by atoms with van der Waals surface area (Å²) >= 11 is 0. The summed E-state index contributed by atoms with van der Waals surface area (Å²) in [7, 11) is 0. The zero-order valence-corrected chi connectivity index (χ0v) is 11.2. The summed E-state index contributed by atoms with van der Waals surface area (Å²) in [6.07, 6.45) is 0. The molecule has 0 heterocycles. The van der Waals surface area contributed by atoms with Crippen molar-refractivity contribution in [2.45, 2.75) is 12.5 Å². The van der Waals surface area contributed by atoms with Gasteiger partial charge in [-0.05, 0) is 30.2 Å². The third-order valence-corrected chi connectivity index (χ3v) is 3.13. The van der Waals surface area contributed by atoms with E-state index in [2.05, 4.69) is 0 Å². The first-order chi connectivity index (χ1) is 9.52. The minimum absolute atomic E-state index is 0.129. The van der Waals surface area contributed by atoms with Crippen molar-refractivity contribution in [3.63, 3.8) is 0 Å². The number of hydrogen-bond donors (Lipinski definition) is 2. The average Bonchev–Trinajstić information content (AvgIpc) is 2.45. The third-order valence-electron chi connectivity index (χ3n) is 3.13. The van der Waals surface area contributed by atoms with Crippen molar-refractivity contribution in [2.75, 3.05) is 6.61 Å². The summed E-state index contributed by atoms with van der Waals surface area (Å²) in [6.45, 7) is 1.81. The molecule has 0 aliphatic rings. The smallest absolute Gasteiger partial charge is 0.331 e. The minimum atomic E-state index is -1.56. The molecule has 3 N–H and O–H groups in total. The molecule has 0 fully saturated rings. The minimum Gasteiger partial charge on any atom is -0.491 e. The van der Waals surface area contributed by atoms with Gasteiger partial charge < -0.3 is 15.6 Å². The van der Waals surface area contributed by atoms with Gasteiger partial charge in [-0.15, -0.1) is 0 Å². The molecule has 2 aromatic rings. The summed E-state index contributed by atoms with van der Waals surface area (Å²) in [5, 5.41) is 9.41. The molecular weight excluding hydrogens is 254 g/mol. The van der Waals surface area contributed by atoms with E-state index < -0.39 is 11.5 Å². The van der Waals surface area contributed by atoms with Crippen LogP contribution in [0.25, 0.3) is 0 Å². The van der Waals surface area contributed by atoms with Gasteiger partial charge in [0.05, 0.1) is 0 Å². The summed E-state index contributed by atoms with van der Waals surface area (Å²) in [6, 6.07) is 16.1. The normalized spacial score (nSPS) is 13.5. The molecular formula is C16H17NO3. The SMILES string of the molecule is Cc1cccc(OCC(N)(C(=O)O)c2ccccc2)c1. The highest BCUT2D eigenvalue weighted by atomic mass is 16.5. The molecule has 0 bridgehead atoms. The topological polar surface area (TPSA) is 72.5 Å². The Morgan fingerprint density at radius 1 is 1.20 bits per heavy atom. The third kappa shape index (κ3) is 2.97. The fourth-order valence-corrected chi connectivity index (χ4v) is 1.91. The number of nitrogens with two attached hydrogens (primary N) is 1. The van der Waals surface area contributed by atoms with Gasteiger partial charge in [0.25, 0.3) is 0 Å². The van der Waals surface area contributed by atoms with Crippen molar-refractivity contribution in [3.05, 3.63) is 65.7 Å². The lowest BCUT2D eigenvalue weighted by Crippen LogP contribution is -2.49. The van der Waals surface area contributed by atoms with Crippen molar-refractivity contribution < 1.29 is 14.6 Å². The van der Waals surface area contributed by atoms with Gasteiger partial charge in [0.15, 0.2) is 5.54 Å². The Morgan fingerprint density at radius 3 is 2.50 bits per heavy atom. The van der Waals surface area contributed by atoms with Gasteiger partial charge in [-0.2, -0.15) is 0 Å². The van der Waals surface area contributed by atoms with Crippen LogP contribution in [0.4, 0.5) is 0 Å². The van der Waals surface area contributed by atoms with Crippen molar-refractivity contribution in [3.8, 4) is 5.75 Å². The number of carboxylic acid groups (broad SMARTS) is 1. The van der Waals surface area contributed by atoms with Crippen molar-refractivity contribution >= 4 is 5.97 Å². The number of carbonyl (C=O) groups is 1. The highest BCUT2D eigenvalue weighted by Crippen LogP contribution is 2.21. The standard InChI is InChI=1S/C16H17NO3/c1-12-6-5-9-14(10-12)20-11-16(17,15(18)19)13-7-3-2-4-8-13/h2-10H,11,17H2,1H3,(H,18,19). The van der Waals surface area contributed by atoms with Crippen molar-refractivity contribution in [2.24, 2.45) is 5.73 Å². The molecule has 104 valence electrons. The van der Waals surface area contributed by atoms with Crippen molar-refractivity contribution in [1.29, 1.82) is 0 Å². The second-order valence-corrected chi connectivity index (χ2v) is 4.75. The molecule has 4 nitrogen and oxygen atoms in total. The molecule has 4 heteroatoms. The maximum Gasteiger partial charge on any atom is 0.331 e. The average molecular weight is 271 g/mol. The zero-order valence-electron chi connectivity index (χ0n) is 11.2. The van der Waals surface area contributed by atoms with E-state index in [9.17, 15) is 9.90 Å². The number of aryl methyl sites for hydroxylation is 1. The van der Waals surface area contributed by atoms with Crippen LogP contribution < -0.4 is 10.5 Å². The lowest BCUT2D eigenvalue weighted by Gasteiger charge is -2.25. The molecule has 0 aliphatic carbocycles. The van der Waals surface area contributed by atoms with Gasteiger partial charge in [0.1, 0.15) is 12.4 Å². The molecule has 2 aromatic carbocycles. The zero-order chi connectivity index (χ0) is 14.6. The Morgan fingerprint density at radius 2 is 1.90 bits per heavy atom. The highest BCUT2D eigenvalue weighted by molar-refractivity contribution is 5.80. The first-order valence-electron chi connectivity index (χ1n) is 6.29. The molecule has 0 aliphatic heterocycles. The number of rotatable bonds is 5. The van der Waals surface area contributed by atoms with E-state index in [0.29, 0.717) is 11.3 Å². The molecule has 20 heavy (non-hydrogen) atoms. The van der Waals surface area contributed by atoms with Gasteiger partial charge in [0.2, 0.25) is 0 Å². The van der Waals surface area contributed by atoms with Crippen LogP contribution in [-0.4, -0.2) is 17.7 Å². The lowest BCUT2D eigenvalue weighted by molar-refractivity contribution is -0.145. The molecule has 0 amide bonds. The van der Waals surface area contributed by atoms with Gasteiger partial charge in [-0.3, -0.25) is 0 Å². The summed E-state index contributed by atoms with van der Waals surface area (Å²) in [5.74, 6) is -0.506. The molecule has 1 unspecified atom stereocenters. The van der Waals surface area contributed by atoms with Crippen LogP contribution in [0.5, 0.6) is 5.75 Å². The van der Waals surface area contributed by atoms with E-state index >= 15 is 0 Å². The predicted molar refractivity (Wildman–Crippen MR) is 76.6 cm³/mol. The molecule has 0 radical (unpaired) electrons. The van der Waals surface area contributed by atoms with E-state index in [1.54, 1.807) is 30.3 Å². The van der Waals surface area contributed by atoms with Crippen LogP contribution in [0.2, 0.25) is 0 Å². The Hall–Kier alpha value is -2.33. The van der Waals surface area contributed by atoms with Crippen LogP contribution >= 0.6 is 0 Å². The Labute approximate surface area is 117 Å². The van der Waals surface area contributed by atoms with E-state index in [0.717, 1.165) is 5.56 Å². The summed E-state index contributed by atoms with van der Waals surface area (Å²) in [5.41, 5.74) is 6.01. The second-order valence-electron chi connectivity index (χ2n) is 4.75. The number of benzene rings is 2. The van der Waals surface area contributed by atoms with E-state index in [-0.39, 0.29) is 6.61 Å². The van der Waals surface area contributed by atoms with E-state index in [1.165, 1.54) is 0 Å². The van der Waals surface area contributed by atoms with Crippen LogP contribution in [0.15, 0.2) is 54.6 Å². The molecule has 0 aromatic heterocycles. The summed E-state index contributed by atoms with van der Waals surface area (Å²) in [4.78, 5) is 11.5. The van der Waals surface area contributed by atoms with Gasteiger partial charge in [0, 0.05) is 0 Å². The second kappa shape index (κ2) is 5.75. The number of hydrogen-bond acceptors (Lipinski definition) is 3. The Balaban J connectivity index is 2.20. The highest BCUT2D eigenvalue weighted by Gasteiger charge is 2.37. The van der Waals surface area contributed by atoms with Gasteiger partial charge in [-0.1, -0.05) is 42.5 Å². The maximum absolute atomic E-state index is 11.5. The van der Waals surface area contributed by atoms with Crippen LogP contribution in [0.3, 0.4) is 0 Å². The van der Waals surface area contributed by atoms with Crippen LogP contribution in [0.1, 0.15) is 11.1 Å². The summed E-state index contributed by atoms with van der Waals surface area (Å²) < 4.78 is 5.56. The van der Waals surface area contributed by atoms with E-state index in [4.69, 9.17) is 10.5 Å². The Kier molecular flexibility index (Phi) is 4.05. The molecule has 0 spiro atoms. The fraction of sp³-hybridized carbons (Fsp3) is 0.188. The maximum atomic E-state index is 11.5. The number of aliphatic carboxylic acids is 1. The first-order valence-corrected chi connectivity index (χ1v) is 6.29. The van der Waals surface area contributed by atoms with Gasteiger partial charge >= 0.3 is 5.97 Å². The molecule has 2 rings (SSSR count). The predicted octanol–water partition coefficient (Wildman–Crippen LogP) is 2.31. The van der Waals surface area contributed by atoms with Crippen molar-refractivity contribution in [1.82, 2.24) is 0 Å². The van der Waals surface area contributed by atoms with Crippen LogP contribution in [-0.2, 0) is 10.3 Å².